The largest absolute Gasteiger partial charge is 0.355 e. The summed E-state index contributed by atoms with van der Waals surface area (Å²) in [7, 11) is 4.47. The van der Waals surface area contributed by atoms with Crippen LogP contribution in [0.5, 0.6) is 0 Å². The molecule has 1 unspecified atom stereocenters. The topological polar surface area (TPSA) is 22.3 Å². The van der Waals surface area contributed by atoms with E-state index in [0.29, 0.717) is 0 Å². The second kappa shape index (κ2) is 9.72. The maximum atomic E-state index is 3.83. The molecule has 0 radical (unpaired) electrons. The SMILES string of the molecule is CN(C)C1(c2ccccc2)CC=C(c2[nH]c3ccccc3c2CCN2CCc3ccccc3C2)CC1. The van der Waals surface area contributed by atoms with E-state index in [-0.39, 0.29) is 5.54 Å². The van der Waals surface area contributed by atoms with Crippen LogP contribution in [-0.2, 0) is 24.9 Å². The third-order valence-electron chi connectivity index (χ3n) is 8.68. The first kappa shape index (κ1) is 23.3. The van der Waals surface area contributed by atoms with Gasteiger partial charge in [-0.15, -0.1) is 0 Å². The van der Waals surface area contributed by atoms with E-state index in [1.54, 1.807) is 0 Å². The lowest BCUT2D eigenvalue weighted by molar-refractivity contribution is 0.138. The number of aromatic amines is 1. The van der Waals surface area contributed by atoms with Crippen LogP contribution in [0.2, 0.25) is 0 Å². The maximum Gasteiger partial charge on any atom is 0.0492 e. The zero-order valence-electron chi connectivity index (χ0n) is 21.6. The Hall–Kier alpha value is -3.14. The zero-order chi connectivity index (χ0) is 24.5. The first-order valence-corrected chi connectivity index (χ1v) is 13.5. The van der Waals surface area contributed by atoms with Gasteiger partial charge in [0.15, 0.2) is 0 Å². The molecule has 4 aromatic rings. The molecule has 0 saturated carbocycles. The number of H-pyrrole nitrogens is 1. The molecule has 2 heterocycles. The number of allylic oxidation sites excluding steroid dienone is 1. The third-order valence-corrected chi connectivity index (χ3v) is 8.68. The van der Waals surface area contributed by atoms with Crippen molar-refractivity contribution in [3.05, 3.63) is 113 Å². The molecule has 1 atom stereocenters. The first-order chi connectivity index (χ1) is 17.6. The molecular weight excluding hydrogens is 438 g/mol. The summed E-state index contributed by atoms with van der Waals surface area (Å²) in [6, 6.07) is 28.9. The minimum atomic E-state index is 0.0676. The van der Waals surface area contributed by atoms with Crippen LogP contribution in [0.1, 0.15) is 47.2 Å². The van der Waals surface area contributed by atoms with E-state index in [1.807, 2.05) is 0 Å². The highest BCUT2D eigenvalue weighted by atomic mass is 15.1. The van der Waals surface area contributed by atoms with Crippen molar-refractivity contribution in [2.24, 2.45) is 0 Å². The van der Waals surface area contributed by atoms with Gasteiger partial charge in [-0.3, -0.25) is 9.80 Å². The number of aromatic nitrogens is 1. The molecule has 2 aliphatic rings. The molecule has 3 heteroatoms. The molecule has 0 spiro atoms. The molecule has 3 nitrogen and oxygen atoms in total. The Bertz CT molecular complexity index is 1380. The summed E-state index contributed by atoms with van der Waals surface area (Å²) < 4.78 is 0. The Balaban J connectivity index is 1.28. The molecule has 36 heavy (non-hydrogen) atoms. The predicted octanol–water partition coefficient (Wildman–Crippen LogP) is 6.79. The highest BCUT2D eigenvalue weighted by molar-refractivity contribution is 5.89. The van der Waals surface area contributed by atoms with Crippen LogP contribution >= 0.6 is 0 Å². The number of para-hydroxylation sites is 1. The maximum absolute atomic E-state index is 3.83. The summed E-state index contributed by atoms with van der Waals surface area (Å²) in [5.41, 5.74) is 10.1. The van der Waals surface area contributed by atoms with E-state index in [0.717, 1.165) is 51.7 Å². The van der Waals surface area contributed by atoms with Crippen LogP contribution in [-0.4, -0.2) is 42.0 Å². The molecule has 1 aromatic heterocycles. The van der Waals surface area contributed by atoms with Crippen LogP contribution in [0.3, 0.4) is 0 Å². The summed E-state index contributed by atoms with van der Waals surface area (Å²) in [5.74, 6) is 0. The fourth-order valence-electron chi connectivity index (χ4n) is 6.49. The summed E-state index contributed by atoms with van der Waals surface area (Å²) >= 11 is 0. The number of hydrogen-bond donors (Lipinski definition) is 1. The Morgan fingerprint density at radius 2 is 1.61 bits per heavy atom. The van der Waals surface area contributed by atoms with Crippen molar-refractivity contribution in [1.82, 2.24) is 14.8 Å². The number of benzene rings is 3. The molecule has 1 aliphatic carbocycles. The van der Waals surface area contributed by atoms with E-state index in [4.69, 9.17) is 0 Å². The van der Waals surface area contributed by atoms with Gasteiger partial charge in [0.1, 0.15) is 0 Å². The lowest BCUT2D eigenvalue weighted by atomic mass is 9.75. The molecule has 184 valence electrons. The number of nitrogens with one attached hydrogen (secondary N) is 1. The van der Waals surface area contributed by atoms with Crippen molar-refractivity contribution in [1.29, 1.82) is 0 Å². The van der Waals surface area contributed by atoms with E-state index < -0.39 is 0 Å². The van der Waals surface area contributed by atoms with Crippen LogP contribution in [0.25, 0.3) is 16.5 Å². The van der Waals surface area contributed by atoms with Crippen molar-refractivity contribution in [2.75, 3.05) is 27.2 Å². The van der Waals surface area contributed by atoms with Gasteiger partial charge in [-0.2, -0.15) is 0 Å². The summed E-state index contributed by atoms with van der Waals surface area (Å²) in [4.78, 5) is 8.89. The van der Waals surface area contributed by atoms with Gasteiger partial charge in [0.2, 0.25) is 0 Å². The van der Waals surface area contributed by atoms with Crippen molar-refractivity contribution < 1.29 is 0 Å². The van der Waals surface area contributed by atoms with Gasteiger partial charge in [0.25, 0.3) is 0 Å². The van der Waals surface area contributed by atoms with Gasteiger partial charge in [0.05, 0.1) is 0 Å². The van der Waals surface area contributed by atoms with E-state index in [1.165, 1.54) is 44.4 Å². The monoisotopic (exact) mass is 475 g/mol. The van der Waals surface area contributed by atoms with Gasteiger partial charge < -0.3 is 4.98 Å². The number of fused-ring (bicyclic) bond motifs is 2. The highest BCUT2D eigenvalue weighted by Gasteiger charge is 2.36. The van der Waals surface area contributed by atoms with Crippen molar-refractivity contribution in [2.45, 2.75) is 44.2 Å². The third kappa shape index (κ3) is 4.21. The van der Waals surface area contributed by atoms with E-state index in [9.17, 15) is 0 Å². The lowest BCUT2D eigenvalue weighted by Crippen LogP contribution is -2.42. The summed E-state index contributed by atoms with van der Waals surface area (Å²) in [6.45, 7) is 3.32. The fraction of sp³-hybridized carbons (Fsp3) is 0.333. The van der Waals surface area contributed by atoms with Crippen molar-refractivity contribution in [3.8, 4) is 0 Å². The molecule has 1 N–H and O–H groups in total. The predicted molar refractivity (Wildman–Crippen MR) is 151 cm³/mol. The molecule has 1 aliphatic heterocycles. The highest BCUT2D eigenvalue weighted by Crippen LogP contribution is 2.43. The quantitative estimate of drug-likeness (QED) is 0.332. The standard InChI is InChI=1S/C33H37N3/c1-35(2)33(28-12-4-3-5-13-28)20-16-26(17-21-33)32-30(29-14-8-9-15-31(29)34-32)19-23-36-22-18-25-10-6-7-11-27(25)24-36/h3-16,34H,17-24H2,1-2H3. The van der Waals surface area contributed by atoms with Crippen molar-refractivity contribution >= 4 is 16.5 Å². The minimum Gasteiger partial charge on any atom is -0.355 e. The number of hydrogen-bond acceptors (Lipinski definition) is 2. The van der Waals surface area contributed by atoms with Crippen molar-refractivity contribution in [3.63, 3.8) is 0 Å². The van der Waals surface area contributed by atoms with Gasteiger partial charge in [-0.05, 0) is 80.1 Å². The van der Waals surface area contributed by atoms with Crippen LogP contribution in [0.15, 0.2) is 84.9 Å². The molecule has 0 fully saturated rings. The Labute approximate surface area is 215 Å². The van der Waals surface area contributed by atoms with Crippen LogP contribution in [0.4, 0.5) is 0 Å². The van der Waals surface area contributed by atoms with E-state index in [2.05, 4.69) is 114 Å². The first-order valence-electron chi connectivity index (χ1n) is 13.5. The Morgan fingerprint density at radius 1 is 0.861 bits per heavy atom. The summed E-state index contributed by atoms with van der Waals surface area (Å²) in [5, 5.41) is 1.39. The zero-order valence-corrected chi connectivity index (χ0v) is 21.6. The van der Waals surface area contributed by atoms with Gasteiger partial charge in [0, 0.05) is 41.8 Å². The second-order valence-electron chi connectivity index (χ2n) is 10.8. The van der Waals surface area contributed by atoms with Gasteiger partial charge in [-0.25, -0.2) is 0 Å². The van der Waals surface area contributed by atoms with Crippen LogP contribution in [0, 0.1) is 0 Å². The molecule has 0 saturated heterocycles. The van der Waals surface area contributed by atoms with Crippen LogP contribution < -0.4 is 0 Å². The number of rotatable bonds is 6. The second-order valence-corrected chi connectivity index (χ2v) is 10.8. The average Bonchev–Trinajstić information content (AvgIpc) is 3.30. The summed E-state index contributed by atoms with van der Waals surface area (Å²) in [6.07, 6.45) is 8.01. The normalized spacial score (nSPS) is 20.5. The van der Waals surface area contributed by atoms with Gasteiger partial charge in [-0.1, -0.05) is 78.9 Å². The lowest BCUT2D eigenvalue weighted by Gasteiger charge is -2.43. The molecule has 0 amide bonds. The Kier molecular flexibility index (Phi) is 6.29. The number of nitrogens with zero attached hydrogens (tertiary/aromatic N) is 2. The van der Waals surface area contributed by atoms with Gasteiger partial charge >= 0.3 is 0 Å². The molecule has 3 aromatic carbocycles. The molecule has 6 rings (SSSR count). The Morgan fingerprint density at radius 3 is 2.39 bits per heavy atom. The smallest absolute Gasteiger partial charge is 0.0492 e. The molecule has 0 bridgehead atoms. The minimum absolute atomic E-state index is 0.0676. The molecular formula is C33H37N3. The van der Waals surface area contributed by atoms with E-state index >= 15 is 0 Å². The average molecular weight is 476 g/mol. The fourth-order valence-corrected chi connectivity index (χ4v) is 6.49.